The van der Waals surface area contributed by atoms with Gasteiger partial charge in [0.25, 0.3) is 5.91 Å². The molecule has 0 spiro atoms. The third-order valence-electron chi connectivity index (χ3n) is 6.99. The Kier molecular flexibility index (Phi) is 11.3. The molecule has 2 amide bonds. The maximum absolute atomic E-state index is 13.1. The number of aliphatic hydroxyl groups excluding tert-OH is 1. The van der Waals surface area contributed by atoms with E-state index in [-0.39, 0.29) is 49.4 Å². The number of carbonyl (C=O) groups excluding carboxylic acids is 2. The van der Waals surface area contributed by atoms with E-state index in [0.717, 1.165) is 18.5 Å². The van der Waals surface area contributed by atoms with Crippen LogP contribution in [0.15, 0.2) is 30.0 Å². The molecule has 0 saturated carbocycles. The van der Waals surface area contributed by atoms with Crippen molar-refractivity contribution in [3.05, 3.63) is 35.6 Å². The third-order valence-corrected chi connectivity index (χ3v) is 6.99. The normalized spacial score (nSPS) is 22.1. The molecule has 0 radical (unpaired) electrons. The Morgan fingerprint density at radius 1 is 1.15 bits per heavy atom. The van der Waals surface area contributed by atoms with Crippen LogP contribution in [0.2, 0.25) is 0 Å². The van der Waals surface area contributed by atoms with Crippen molar-refractivity contribution in [2.75, 3.05) is 66.1 Å². The van der Waals surface area contributed by atoms with Gasteiger partial charge in [0.2, 0.25) is 19.0 Å². The average molecular weight is 549 g/mol. The molecule has 3 heterocycles. The molecule has 216 valence electrons. The quantitative estimate of drug-likeness (QED) is 0.298. The Balaban J connectivity index is 1.43. The predicted molar refractivity (Wildman–Crippen MR) is 140 cm³/mol. The van der Waals surface area contributed by atoms with Gasteiger partial charge in [-0.2, -0.15) is 0 Å². The summed E-state index contributed by atoms with van der Waals surface area (Å²) in [6.45, 7) is 5.87. The number of nitrogens with one attached hydrogen (secondary N) is 1. The van der Waals surface area contributed by atoms with Crippen LogP contribution in [0.4, 0.5) is 0 Å². The van der Waals surface area contributed by atoms with Gasteiger partial charge in [-0.1, -0.05) is 6.07 Å². The van der Waals surface area contributed by atoms with Crippen molar-refractivity contribution in [3.63, 3.8) is 0 Å². The van der Waals surface area contributed by atoms with Crippen LogP contribution in [0.5, 0.6) is 11.5 Å². The highest BCUT2D eigenvalue weighted by molar-refractivity contribution is 5.91. The Labute approximate surface area is 229 Å². The lowest BCUT2D eigenvalue weighted by atomic mass is 9.81. The highest BCUT2D eigenvalue weighted by Crippen LogP contribution is 2.42. The number of likely N-dealkylation sites (tertiary alicyclic amines) is 1. The van der Waals surface area contributed by atoms with Gasteiger partial charge in [-0.05, 0) is 50.0 Å². The molecule has 0 aliphatic carbocycles. The van der Waals surface area contributed by atoms with Gasteiger partial charge in [-0.15, -0.1) is 0 Å². The molecular formula is C28H40N2O9. The Bertz CT molecular complexity index is 986. The number of hydrogen-bond donors (Lipinski definition) is 2. The second-order valence-electron chi connectivity index (χ2n) is 9.61. The Hall–Kier alpha value is -2.86. The minimum atomic E-state index is -0.646. The van der Waals surface area contributed by atoms with Crippen molar-refractivity contribution in [1.82, 2.24) is 10.2 Å². The highest BCUT2D eigenvalue weighted by Gasteiger charge is 2.38. The number of carbonyl (C=O) groups is 2. The lowest BCUT2D eigenvalue weighted by Gasteiger charge is -2.37. The van der Waals surface area contributed by atoms with E-state index in [0.29, 0.717) is 70.3 Å². The number of benzene rings is 1. The van der Waals surface area contributed by atoms with E-state index >= 15 is 0 Å². The van der Waals surface area contributed by atoms with Crippen LogP contribution < -0.4 is 14.8 Å². The monoisotopic (exact) mass is 548 g/mol. The Morgan fingerprint density at radius 2 is 1.97 bits per heavy atom. The third kappa shape index (κ3) is 8.07. The Morgan fingerprint density at radius 3 is 2.74 bits per heavy atom. The first kappa shape index (κ1) is 29.1. The molecule has 1 fully saturated rings. The molecule has 1 aromatic carbocycles. The van der Waals surface area contributed by atoms with Crippen molar-refractivity contribution in [3.8, 4) is 11.5 Å². The summed E-state index contributed by atoms with van der Waals surface area (Å²) in [5.41, 5.74) is 0.960. The van der Waals surface area contributed by atoms with Crippen LogP contribution in [-0.4, -0.2) is 94.2 Å². The van der Waals surface area contributed by atoms with Gasteiger partial charge < -0.3 is 43.7 Å². The van der Waals surface area contributed by atoms with Crippen LogP contribution in [0.1, 0.15) is 44.1 Å². The predicted octanol–water partition coefficient (Wildman–Crippen LogP) is 1.94. The van der Waals surface area contributed by atoms with Gasteiger partial charge >= 0.3 is 0 Å². The lowest BCUT2D eigenvalue weighted by Crippen LogP contribution is -2.40. The minimum Gasteiger partial charge on any atom is -0.459 e. The largest absolute Gasteiger partial charge is 0.459 e. The summed E-state index contributed by atoms with van der Waals surface area (Å²) in [6, 6.07) is 5.79. The number of nitrogens with zero attached hydrogens (tertiary/aromatic N) is 1. The van der Waals surface area contributed by atoms with Gasteiger partial charge in [0, 0.05) is 51.1 Å². The van der Waals surface area contributed by atoms with Gasteiger partial charge in [0.1, 0.15) is 0 Å². The molecule has 1 aromatic rings. The van der Waals surface area contributed by atoms with Gasteiger partial charge in [0.15, 0.2) is 17.3 Å². The maximum Gasteiger partial charge on any atom is 0.286 e. The fourth-order valence-electron chi connectivity index (χ4n) is 5.04. The summed E-state index contributed by atoms with van der Waals surface area (Å²) in [7, 11) is 0. The molecule has 3 atom stereocenters. The average Bonchev–Trinajstić information content (AvgIpc) is 3.59. The number of amides is 2. The first-order valence-corrected chi connectivity index (χ1v) is 13.8. The van der Waals surface area contributed by atoms with Crippen LogP contribution in [0.3, 0.4) is 0 Å². The van der Waals surface area contributed by atoms with Gasteiger partial charge in [-0.3, -0.25) is 9.59 Å². The maximum atomic E-state index is 13.1. The lowest BCUT2D eigenvalue weighted by molar-refractivity contribution is -0.168. The van der Waals surface area contributed by atoms with Crippen molar-refractivity contribution in [2.24, 2.45) is 5.92 Å². The second kappa shape index (κ2) is 15.1. The molecule has 3 aliphatic heterocycles. The number of aliphatic hydroxyl groups is 1. The van der Waals surface area contributed by atoms with Crippen LogP contribution in [-0.2, 0) is 28.5 Å². The fraction of sp³-hybridized carbons (Fsp3) is 0.643. The summed E-state index contributed by atoms with van der Waals surface area (Å²) in [5, 5.41) is 11.8. The highest BCUT2D eigenvalue weighted by atomic mass is 16.7. The van der Waals surface area contributed by atoms with Crippen LogP contribution >= 0.6 is 0 Å². The number of hydrogen-bond acceptors (Lipinski definition) is 9. The standard InChI is InChI=1S/C28H40N2O9/c1-2-36-28-21(8-13-34-15-16-35-14-12-31)22(20-6-7-23-24(17-20)38-19-37-23)18-25(39-28)27(33)29-9-4-11-30-10-3-5-26(30)32/h6-7,17-18,21-22,28,31H,2-5,8-16,19H2,1H3,(H,29,33)/t21-,22-,28-/m0/s1. The van der Waals surface area contributed by atoms with E-state index in [1.54, 1.807) is 0 Å². The SMILES string of the molecule is CCO[C@H]1OC(C(=O)NCCCN2CCCC2=O)=C[C@@H](c2ccc3c(c2)OCO3)[C@@H]1CCOCCOCCO. The van der Waals surface area contributed by atoms with E-state index in [2.05, 4.69) is 5.32 Å². The summed E-state index contributed by atoms with van der Waals surface area (Å²) in [6.07, 6.45) is 4.01. The first-order valence-electron chi connectivity index (χ1n) is 13.8. The first-order chi connectivity index (χ1) is 19.1. The number of ether oxygens (including phenoxy) is 6. The molecule has 0 aromatic heterocycles. The minimum absolute atomic E-state index is 0.0208. The number of rotatable bonds is 16. The molecule has 4 rings (SSSR count). The van der Waals surface area contributed by atoms with Crippen molar-refractivity contribution in [1.29, 1.82) is 0 Å². The van der Waals surface area contributed by atoms with E-state index in [4.69, 9.17) is 33.5 Å². The van der Waals surface area contributed by atoms with Crippen LogP contribution in [0.25, 0.3) is 0 Å². The van der Waals surface area contributed by atoms with E-state index < -0.39 is 6.29 Å². The van der Waals surface area contributed by atoms with Gasteiger partial charge in [-0.25, -0.2) is 0 Å². The molecule has 1 saturated heterocycles. The van der Waals surface area contributed by atoms with E-state index in [9.17, 15) is 9.59 Å². The number of allylic oxidation sites excluding steroid dienone is 1. The van der Waals surface area contributed by atoms with E-state index in [1.165, 1.54) is 0 Å². The summed E-state index contributed by atoms with van der Waals surface area (Å²) in [4.78, 5) is 26.8. The molecular weight excluding hydrogens is 508 g/mol. The molecule has 2 N–H and O–H groups in total. The van der Waals surface area contributed by atoms with Gasteiger partial charge in [0.05, 0.1) is 26.4 Å². The molecule has 11 nitrogen and oxygen atoms in total. The second-order valence-corrected chi connectivity index (χ2v) is 9.61. The van der Waals surface area contributed by atoms with E-state index in [1.807, 2.05) is 36.1 Å². The van der Waals surface area contributed by atoms with Crippen LogP contribution in [0, 0.1) is 5.92 Å². The zero-order valence-corrected chi connectivity index (χ0v) is 22.6. The number of fused-ring (bicyclic) bond motifs is 1. The molecule has 3 aliphatic rings. The zero-order chi connectivity index (χ0) is 27.5. The molecule has 0 unspecified atom stereocenters. The zero-order valence-electron chi connectivity index (χ0n) is 22.6. The molecule has 0 bridgehead atoms. The fourth-order valence-corrected chi connectivity index (χ4v) is 5.04. The topological polar surface area (TPSA) is 125 Å². The summed E-state index contributed by atoms with van der Waals surface area (Å²) < 4.78 is 34.2. The van der Waals surface area contributed by atoms with Crippen molar-refractivity contribution < 1.29 is 43.1 Å². The summed E-state index contributed by atoms with van der Waals surface area (Å²) >= 11 is 0. The smallest absolute Gasteiger partial charge is 0.286 e. The molecule has 11 heteroatoms. The molecule has 39 heavy (non-hydrogen) atoms. The van der Waals surface area contributed by atoms with Crippen molar-refractivity contribution in [2.45, 2.75) is 44.8 Å². The van der Waals surface area contributed by atoms with Crippen molar-refractivity contribution >= 4 is 11.8 Å². The summed E-state index contributed by atoms with van der Waals surface area (Å²) in [5.74, 6) is 1.12.